The normalized spacial score (nSPS) is 25.1. The molecule has 0 bridgehead atoms. The van der Waals surface area contributed by atoms with Gasteiger partial charge in [0.25, 0.3) is 0 Å². The minimum Gasteiger partial charge on any atom is -0.311 e. The van der Waals surface area contributed by atoms with Gasteiger partial charge in [0.1, 0.15) is 0 Å². The molecule has 0 aromatic heterocycles. The molecule has 1 heterocycles. The van der Waals surface area contributed by atoms with Gasteiger partial charge >= 0.3 is 0 Å². The molecule has 0 saturated carbocycles. The van der Waals surface area contributed by atoms with Gasteiger partial charge in [-0.05, 0) is 25.3 Å². The second-order valence-corrected chi connectivity index (χ2v) is 5.81. The van der Waals surface area contributed by atoms with Crippen LogP contribution >= 0.6 is 0 Å². The van der Waals surface area contributed by atoms with Crippen LogP contribution < -0.4 is 5.32 Å². The summed E-state index contributed by atoms with van der Waals surface area (Å²) in [7, 11) is 0. The van der Waals surface area contributed by atoms with Crippen molar-refractivity contribution in [2.24, 2.45) is 0 Å². The Balaban J connectivity index is 1.98. The van der Waals surface area contributed by atoms with Crippen LogP contribution in [0.4, 0.5) is 0 Å². The van der Waals surface area contributed by atoms with E-state index in [-0.39, 0.29) is 0 Å². The molecule has 2 rings (SSSR count). The molecule has 108 valence electrons. The monoisotopic (exact) mass is 270 g/mol. The fourth-order valence-electron chi connectivity index (χ4n) is 3.13. The smallest absolute Gasteiger partial charge is 0.0242 e. The highest BCUT2D eigenvalue weighted by molar-refractivity contribution is 5.16. The van der Waals surface area contributed by atoms with Crippen molar-refractivity contribution in [2.75, 3.05) is 13.1 Å². The first-order valence-corrected chi connectivity index (χ1v) is 7.71. The molecule has 2 heteroatoms. The summed E-state index contributed by atoms with van der Waals surface area (Å²) in [5.74, 6) is 2.84. The van der Waals surface area contributed by atoms with Crippen molar-refractivity contribution in [3.8, 4) is 12.3 Å². The summed E-state index contributed by atoms with van der Waals surface area (Å²) in [6, 6.07) is 12.4. The topological polar surface area (TPSA) is 15.3 Å². The number of piperazine rings is 1. The maximum Gasteiger partial charge on any atom is 0.0242 e. The standard InChI is InChI=1S/C18H26N2/c1-4-9-18(5-2)20-14-17(19-13-15(20)3)12-16-10-7-6-8-11-16/h1,6-8,10-11,15,17-19H,5,9,12-14H2,2-3H3. The van der Waals surface area contributed by atoms with Gasteiger partial charge in [-0.25, -0.2) is 0 Å². The van der Waals surface area contributed by atoms with Gasteiger partial charge in [0.2, 0.25) is 0 Å². The fourth-order valence-corrected chi connectivity index (χ4v) is 3.13. The van der Waals surface area contributed by atoms with Gasteiger partial charge in [0, 0.05) is 37.6 Å². The maximum absolute atomic E-state index is 5.52. The van der Waals surface area contributed by atoms with E-state index in [0.29, 0.717) is 18.1 Å². The molecule has 2 nitrogen and oxygen atoms in total. The van der Waals surface area contributed by atoms with Crippen molar-refractivity contribution >= 4 is 0 Å². The number of nitrogens with zero attached hydrogens (tertiary/aromatic N) is 1. The molecular formula is C18H26N2. The highest BCUT2D eigenvalue weighted by atomic mass is 15.2. The molecule has 0 aliphatic carbocycles. The van der Waals surface area contributed by atoms with Crippen LogP contribution in [-0.4, -0.2) is 36.1 Å². The highest BCUT2D eigenvalue weighted by Crippen LogP contribution is 2.18. The van der Waals surface area contributed by atoms with Crippen LogP contribution in [0.1, 0.15) is 32.3 Å². The Morgan fingerprint density at radius 3 is 2.80 bits per heavy atom. The largest absolute Gasteiger partial charge is 0.311 e. The second-order valence-electron chi connectivity index (χ2n) is 5.81. The van der Waals surface area contributed by atoms with Crippen LogP contribution in [-0.2, 0) is 6.42 Å². The van der Waals surface area contributed by atoms with Gasteiger partial charge in [-0.3, -0.25) is 4.90 Å². The summed E-state index contributed by atoms with van der Waals surface area (Å²) in [6.45, 7) is 6.68. The van der Waals surface area contributed by atoms with E-state index in [9.17, 15) is 0 Å². The molecule has 0 radical (unpaired) electrons. The van der Waals surface area contributed by atoms with Crippen molar-refractivity contribution in [1.82, 2.24) is 10.2 Å². The minimum absolute atomic E-state index is 0.523. The van der Waals surface area contributed by atoms with E-state index in [1.807, 2.05) is 0 Å². The summed E-state index contributed by atoms with van der Waals surface area (Å²) in [6.07, 6.45) is 8.61. The lowest BCUT2D eigenvalue weighted by Crippen LogP contribution is -2.58. The number of hydrogen-bond acceptors (Lipinski definition) is 2. The molecule has 1 aromatic carbocycles. The maximum atomic E-state index is 5.52. The summed E-state index contributed by atoms with van der Waals surface area (Å²) >= 11 is 0. The first kappa shape index (κ1) is 15.1. The van der Waals surface area contributed by atoms with E-state index in [2.05, 4.69) is 60.3 Å². The third-order valence-corrected chi connectivity index (χ3v) is 4.32. The number of nitrogens with one attached hydrogen (secondary N) is 1. The van der Waals surface area contributed by atoms with E-state index in [1.165, 1.54) is 5.56 Å². The van der Waals surface area contributed by atoms with E-state index >= 15 is 0 Å². The highest BCUT2D eigenvalue weighted by Gasteiger charge is 2.29. The van der Waals surface area contributed by atoms with Crippen molar-refractivity contribution < 1.29 is 0 Å². The number of terminal acetylenes is 1. The second kappa shape index (κ2) is 7.47. The van der Waals surface area contributed by atoms with E-state index in [1.54, 1.807) is 0 Å². The van der Waals surface area contributed by atoms with Crippen LogP contribution in [0.25, 0.3) is 0 Å². The first-order chi connectivity index (χ1) is 9.74. The lowest BCUT2D eigenvalue weighted by molar-refractivity contribution is 0.0901. The predicted octanol–water partition coefficient (Wildman–Crippen LogP) is 2.69. The zero-order valence-electron chi connectivity index (χ0n) is 12.7. The van der Waals surface area contributed by atoms with Gasteiger partial charge in [0.05, 0.1) is 0 Å². The summed E-state index contributed by atoms with van der Waals surface area (Å²) in [4.78, 5) is 2.60. The van der Waals surface area contributed by atoms with Gasteiger partial charge < -0.3 is 5.32 Å². The molecular weight excluding hydrogens is 244 g/mol. The Kier molecular flexibility index (Phi) is 5.64. The Hall–Kier alpha value is -1.30. The molecule has 0 amide bonds. The van der Waals surface area contributed by atoms with Gasteiger partial charge in [-0.1, -0.05) is 37.3 Å². The van der Waals surface area contributed by atoms with Crippen molar-refractivity contribution in [3.05, 3.63) is 35.9 Å². The Bertz CT molecular complexity index is 434. The molecule has 1 fully saturated rings. The van der Waals surface area contributed by atoms with Crippen LogP contribution in [0.15, 0.2) is 30.3 Å². The molecule has 1 N–H and O–H groups in total. The van der Waals surface area contributed by atoms with Crippen molar-refractivity contribution in [3.63, 3.8) is 0 Å². The van der Waals surface area contributed by atoms with Gasteiger partial charge in [0.15, 0.2) is 0 Å². The predicted molar refractivity (Wildman–Crippen MR) is 85.6 cm³/mol. The van der Waals surface area contributed by atoms with Crippen LogP contribution in [0.3, 0.4) is 0 Å². The van der Waals surface area contributed by atoms with Gasteiger partial charge in [-0.15, -0.1) is 12.3 Å². The van der Waals surface area contributed by atoms with Crippen molar-refractivity contribution in [2.45, 2.75) is 51.2 Å². The molecule has 0 spiro atoms. The molecule has 1 aromatic rings. The average Bonchev–Trinajstić information content (AvgIpc) is 2.48. The van der Waals surface area contributed by atoms with Gasteiger partial charge in [-0.2, -0.15) is 0 Å². The Labute approximate surface area is 123 Å². The zero-order chi connectivity index (χ0) is 14.4. The zero-order valence-corrected chi connectivity index (χ0v) is 12.7. The fraction of sp³-hybridized carbons (Fsp3) is 0.556. The van der Waals surface area contributed by atoms with Crippen molar-refractivity contribution in [1.29, 1.82) is 0 Å². The summed E-state index contributed by atoms with van der Waals surface area (Å²) in [5, 5.41) is 3.68. The Morgan fingerprint density at radius 1 is 1.40 bits per heavy atom. The minimum atomic E-state index is 0.523. The quantitative estimate of drug-likeness (QED) is 0.828. The number of benzene rings is 1. The molecule has 1 aliphatic rings. The SMILES string of the molecule is C#CCC(CC)N1CC(Cc2ccccc2)NCC1C. The van der Waals surface area contributed by atoms with E-state index in [4.69, 9.17) is 6.42 Å². The lowest BCUT2D eigenvalue weighted by Gasteiger charge is -2.43. The molecule has 3 unspecified atom stereocenters. The molecule has 1 aliphatic heterocycles. The van der Waals surface area contributed by atoms with Crippen LogP contribution in [0, 0.1) is 12.3 Å². The van der Waals surface area contributed by atoms with E-state index in [0.717, 1.165) is 32.4 Å². The van der Waals surface area contributed by atoms with Crippen LogP contribution in [0.5, 0.6) is 0 Å². The van der Waals surface area contributed by atoms with Crippen LogP contribution in [0.2, 0.25) is 0 Å². The Morgan fingerprint density at radius 2 is 2.15 bits per heavy atom. The summed E-state index contributed by atoms with van der Waals surface area (Å²) < 4.78 is 0. The molecule has 3 atom stereocenters. The number of hydrogen-bond donors (Lipinski definition) is 1. The molecule has 1 saturated heterocycles. The third kappa shape index (κ3) is 3.85. The van der Waals surface area contributed by atoms with E-state index < -0.39 is 0 Å². The third-order valence-electron chi connectivity index (χ3n) is 4.32. The summed E-state index contributed by atoms with van der Waals surface area (Å²) in [5.41, 5.74) is 1.41. The first-order valence-electron chi connectivity index (χ1n) is 7.71. The average molecular weight is 270 g/mol. The number of rotatable bonds is 5. The lowest BCUT2D eigenvalue weighted by atomic mass is 9.98. The molecule has 20 heavy (non-hydrogen) atoms.